The van der Waals surface area contributed by atoms with Crippen molar-refractivity contribution in [1.82, 2.24) is 0 Å². The molecule has 0 spiro atoms. The number of nitrogen functional groups attached to an aromatic ring is 1. The molecule has 0 aromatic heterocycles. The van der Waals surface area contributed by atoms with E-state index in [0.29, 0.717) is 10.7 Å². The summed E-state index contributed by atoms with van der Waals surface area (Å²) in [4.78, 5) is 10.9. The molecule has 0 radical (unpaired) electrons. The zero-order valence-electron chi connectivity index (χ0n) is 7.21. The predicted molar refractivity (Wildman–Crippen MR) is 51.6 cm³/mol. The fraction of sp³-hybridized carbons (Fsp3) is 0.222. The maximum atomic E-state index is 10.9. The van der Waals surface area contributed by atoms with Crippen LogP contribution in [-0.2, 0) is 16.0 Å². The lowest BCUT2D eigenvalue weighted by Crippen LogP contribution is -2.06. The highest BCUT2D eigenvalue weighted by Crippen LogP contribution is 2.18. The second-order valence-corrected chi connectivity index (χ2v) is 3.03. The van der Waals surface area contributed by atoms with Crippen LogP contribution < -0.4 is 5.73 Å². The highest BCUT2D eigenvalue weighted by molar-refractivity contribution is 6.30. The van der Waals surface area contributed by atoms with E-state index >= 15 is 0 Å². The van der Waals surface area contributed by atoms with Crippen LogP contribution in [-0.4, -0.2) is 13.1 Å². The summed E-state index contributed by atoms with van der Waals surface area (Å²) in [6.07, 6.45) is 0.180. The van der Waals surface area contributed by atoms with Crippen molar-refractivity contribution < 1.29 is 9.53 Å². The fourth-order valence-corrected chi connectivity index (χ4v) is 1.13. The first-order valence-electron chi connectivity index (χ1n) is 3.74. The number of carbonyl (C=O) groups is 1. The van der Waals surface area contributed by atoms with Crippen LogP contribution in [0.5, 0.6) is 0 Å². The van der Waals surface area contributed by atoms with Crippen LogP contribution in [0, 0.1) is 0 Å². The summed E-state index contributed by atoms with van der Waals surface area (Å²) in [6, 6.07) is 5.02. The molecule has 0 saturated carbocycles. The molecule has 0 saturated heterocycles. The van der Waals surface area contributed by atoms with E-state index in [1.165, 1.54) is 7.11 Å². The molecule has 1 aromatic rings. The fourth-order valence-electron chi connectivity index (χ4n) is 0.954. The van der Waals surface area contributed by atoms with E-state index in [9.17, 15) is 4.79 Å². The number of halogens is 1. The van der Waals surface area contributed by atoms with Crippen LogP contribution in [0.1, 0.15) is 5.56 Å². The largest absolute Gasteiger partial charge is 0.469 e. The molecule has 70 valence electrons. The summed E-state index contributed by atoms with van der Waals surface area (Å²) in [6.45, 7) is 0. The zero-order chi connectivity index (χ0) is 9.84. The van der Waals surface area contributed by atoms with E-state index in [2.05, 4.69) is 4.74 Å². The van der Waals surface area contributed by atoms with Crippen molar-refractivity contribution in [2.24, 2.45) is 0 Å². The topological polar surface area (TPSA) is 52.3 Å². The Hall–Kier alpha value is -1.22. The number of carbonyl (C=O) groups excluding carboxylic acids is 1. The number of methoxy groups -OCH3 is 1. The van der Waals surface area contributed by atoms with Crippen LogP contribution in [0.3, 0.4) is 0 Å². The van der Waals surface area contributed by atoms with Gasteiger partial charge in [0.25, 0.3) is 0 Å². The van der Waals surface area contributed by atoms with Crippen molar-refractivity contribution in [2.75, 3.05) is 12.8 Å². The van der Waals surface area contributed by atoms with Gasteiger partial charge in [0, 0.05) is 10.7 Å². The van der Waals surface area contributed by atoms with Gasteiger partial charge in [-0.25, -0.2) is 0 Å². The second-order valence-electron chi connectivity index (χ2n) is 2.60. The number of hydrogen-bond donors (Lipinski definition) is 1. The van der Waals surface area contributed by atoms with Gasteiger partial charge in [0.2, 0.25) is 0 Å². The molecule has 0 aliphatic rings. The number of hydrogen-bond acceptors (Lipinski definition) is 3. The number of ether oxygens (including phenoxy) is 1. The van der Waals surface area contributed by atoms with E-state index in [4.69, 9.17) is 17.3 Å². The summed E-state index contributed by atoms with van der Waals surface area (Å²) < 4.78 is 4.51. The quantitative estimate of drug-likeness (QED) is 0.582. The second kappa shape index (κ2) is 4.14. The molecule has 0 amide bonds. The Morgan fingerprint density at radius 2 is 2.31 bits per heavy atom. The van der Waals surface area contributed by atoms with Gasteiger partial charge in [-0.1, -0.05) is 17.7 Å². The molecule has 1 aromatic carbocycles. The number of benzene rings is 1. The Morgan fingerprint density at radius 3 is 2.85 bits per heavy atom. The molecule has 2 N–H and O–H groups in total. The highest BCUT2D eigenvalue weighted by Gasteiger charge is 2.05. The third-order valence-electron chi connectivity index (χ3n) is 1.67. The molecule has 0 heterocycles. The van der Waals surface area contributed by atoms with Crippen LogP contribution in [0.2, 0.25) is 5.02 Å². The van der Waals surface area contributed by atoms with E-state index in [-0.39, 0.29) is 12.4 Å². The Kier molecular flexibility index (Phi) is 3.14. The summed E-state index contributed by atoms with van der Waals surface area (Å²) in [5.74, 6) is -0.311. The van der Waals surface area contributed by atoms with Crippen molar-refractivity contribution >= 4 is 23.3 Å². The number of rotatable bonds is 2. The Balaban J connectivity index is 2.83. The number of anilines is 1. The van der Waals surface area contributed by atoms with Crippen molar-refractivity contribution in [3.05, 3.63) is 28.8 Å². The third kappa shape index (κ3) is 2.63. The van der Waals surface area contributed by atoms with Gasteiger partial charge in [-0.15, -0.1) is 0 Å². The van der Waals surface area contributed by atoms with E-state index in [1.54, 1.807) is 18.2 Å². The zero-order valence-corrected chi connectivity index (χ0v) is 7.97. The van der Waals surface area contributed by atoms with Crippen molar-refractivity contribution in [2.45, 2.75) is 6.42 Å². The normalized spacial score (nSPS) is 9.69. The molecule has 0 aliphatic heterocycles. The SMILES string of the molecule is COC(=O)Cc1ccc(Cl)cc1N. The summed E-state index contributed by atoms with van der Waals surface area (Å²) in [5, 5.41) is 0.561. The average molecular weight is 200 g/mol. The molecule has 4 heteroatoms. The van der Waals surface area contributed by atoms with Crippen molar-refractivity contribution in [3.63, 3.8) is 0 Å². The lowest BCUT2D eigenvalue weighted by molar-refractivity contribution is -0.139. The van der Waals surface area contributed by atoms with Gasteiger partial charge in [-0.3, -0.25) is 4.79 Å². The van der Waals surface area contributed by atoms with Crippen molar-refractivity contribution in [3.8, 4) is 0 Å². The molecule has 0 atom stereocenters. The molecule has 0 fully saturated rings. The van der Waals surface area contributed by atoms with Gasteiger partial charge < -0.3 is 10.5 Å². The molecular formula is C9H10ClNO2. The molecule has 1 rings (SSSR count). The highest BCUT2D eigenvalue weighted by atomic mass is 35.5. The molecule has 3 nitrogen and oxygen atoms in total. The summed E-state index contributed by atoms with van der Waals surface area (Å²) in [5.41, 5.74) is 6.88. The third-order valence-corrected chi connectivity index (χ3v) is 1.91. The van der Waals surface area contributed by atoms with Gasteiger partial charge >= 0.3 is 5.97 Å². The van der Waals surface area contributed by atoms with Crippen LogP contribution in [0.25, 0.3) is 0 Å². The van der Waals surface area contributed by atoms with Gasteiger partial charge in [0.15, 0.2) is 0 Å². The Bertz CT molecular complexity index is 325. The maximum absolute atomic E-state index is 10.9. The lowest BCUT2D eigenvalue weighted by Gasteiger charge is -2.03. The minimum Gasteiger partial charge on any atom is -0.469 e. The summed E-state index contributed by atoms with van der Waals surface area (Å²) >= 11 is 5.69. The molecule has 0 bridgehead atoms. The monoisotopic (exact) mass is 199 g/mol. The first-order chi connectivity index (χ1) is 6.13. The predicted octanol–water partition coefficient (Wildman–Crippen LogP) is 1.64. The van der Waals surface area contributed by atoms with Crippen molar-refractivity contribution in [1.29, 1.82) is 0 Å². The number of nitrogens with two attached hydrogens (primary N) is 1. The van der Waals surface area contributed by atoms with Gasteiger partial charge in [0.05, 0.1) is 13.5 Å². The molecular weight excluding hydrogens is 190 g/mol. The minimum absolute atomic E-state index is 0.180. The Labute approximate surface area is 81.4 Å². The van der Waals surface area contributed by atoms with Crippen LogP contribution in [0.15, 0.2) is 18.2 Å². The lowest BCUT2D eigenvalue weighted by atomic mass is 10.1. The first kappa shape index (κ1) is 9.86. The Morgan fingerprint density at radius 1 is 1.62 bits per heavy atom. The minimum atomic E-state index is -0.311. The average Bonchev–Trinajstić information content (AvgIpc) is 2.09. The molecule has 0 unspecified atom stereocenters. The van der Waals surface area contributed by atoms with Crippen LogP contribution >= 0.6 is 11.6 Å². The smallest absolute Gasteiger partial charge is 0.310 e. The van der Waals surface area contributed by atoms with Crippen LogP contribution in [0.4, 0.5) is 5.69 Å². The summed E-state index contributed by atoms with van der Waals surface area (Å²) in [7, 11) is 1.34. The number of esters is 1. The van der Waals surface area contributed by atoms with E-state index in [0.717, 1.165) is 5.56 Å². The first-order valence-corrected chi connectivity index (χ1v) is 4.12. The van der Waals surface area contributed by atoms with Gasteiger partial charge in [-0.2, -0.15) is 0 Å². The molecule has 13 heavy (non-hydrogen) atoms. The van der Waals surface area contributed by atoms with E-state index < -0.39 is 0 Å². The standard InChI is InChI=1S/C9H10ClNO2/c1-13-9(12)4-6-2-3-7(10)5-8(6)11/h2-3,5H,4,11H2,1H3. The molecule has 0 aliphatic carbocycles. The van der Waals surface area contributed by atoms with E-state index in [1.807, 2.05) is 0 Å². The van der Waals surface area contributed by atoms with Gasteiger partial charge in [-0.05, 0) is 17.7 Å². The van der Waals surface area contributed by atoms with Gasteiger partial charge in [0.1, 0.15) is 0 Å². The maximum Gasteiger partial charge on any atom is 0.310 e.